The molecule has 0 N–H and O–H groups in total. The first-order chi connectivity index (χ1) is 7.17. The number of benzene rings is 1. The van der Waals surface area contributed by atoms with Crippen molar-refractivity contribution < 1.29 is 4.74 Å². The van der Waals surface area contributed by atoms with E-state index in [-0.39, 0.29) is 0 Å². The maximum absolute atomic E-state index is 5.84. The summed E-state index contributed by atoms with van der Waals surface area (Å²) in [6.45, 7) is 0.762. The molecule has 0 spiro atoms. The summed E-state index contributed by atoms with van der Waals surface area (Å²) >= 11 is 11.3. The second-order valence-corrected chi connectivity index (χ2v) is 6.02. The van der Waals surface area contributed by atoms with E-state index in [1.54, 1.807) is 0 Å². The van der Waals surface area contributed by atoms with Gasteiger partial charge in [0.1, 0.15) is 5.75 Å². The average Bonchev–Trinajstić information content (AvgIpc) is 2.98. The van der Waals surface area contributed by atoms with Crippen LogP contribution in [-0.2, 0) is 0 Å². The summed E-state index contributed by atoms with van der Waals surface area (Å²) in [4.78, 5) is 0. The molecule has 0 aromatic heterocycles. The number of thiol groups is 1. The second-order valence-electron chi connectivity index (χ2n) is 4.00. The Morgan fingerprint density at radius 1 is 1.27 bits per heavy atom. The van der Waals surface area contributed by atoms with Gasteiger partial charge in [-0.3, -0.25) is 0 Å². The Labute approximate surface area is 112 Å². The molecule has 1 aliphatic rings. The van der Waals surface area contributed by atoms with Crippen molar-refractivity contribution >= 4 is 44.5 Å². The lowest BCUT2D eigenvalue weighted by molar-refractivity contribution is 0.248. The van der Waals surface area contributed by atoms with Gasteiger partial charge in [0, 0.05) is 5.41 Å². The first-order valence-corrected chi connectivity index (χ1v) is 7.06. The lowest BCUT2D eigenvalue weighted by atomic mass is 10.2. The van der Waals surface area contributed by atoms with Crippen molar-refractivity contribution in [2.24, 2.45) is 5.41 Å². The summed E-state index contributed by atoms with van der Waals surface area (Å²) in [7, 11) is 0. The predicted molar refractivity (Wildman–Crippen MR) is 72.9 cm³/mol. The average molecular weight is 352 g/mol. The lowest BCUT2D eigenvalue weighted by Gasteiger charge is -2.15. The van der Waals surface area contributed by atoms with E-state index in [0.717, 1.165) is 27.1 Å². The van der Waals surface area contributed by atoms with E-state index in [2.05, 4.69) is 44.5 Å². The van der Waals surface area contributed by atoms with Crippen LogP contribution < -0.4 is 4.74 Å². The summed E-state index contributed by atoms with van der Waals surface area (Å²) in [6, 6.07) is 5.95. The Morgan fingerprint density at radius 2 is 1.87 bits per heavy atom. The zero-order valence-electron chi connectivity index (χ0n) is 8.17. The Balaban J connectivity index is 2.05. The Kier molecular flexibility index (Phi) is 3.68. The molecule has 0 radical (unpaired) electrons. The highest BCUT2D eigenvalue weighted by atomic mass is 79.9. The molecule has 1 aliphatic carbocycles. The van der Waals surface area contributed by atoms with Crippen molar-refractivity contribution in [3.63, 3.8) is 0 Å². The minimum atomic E-state index is 0.331. The number of ether oxygens (including phenoxy) is 1. The molecular formula is C11H12Br2OS. The van der Waals surface area contributed by atoms with E-state index in [4.69, 9.17) is 4.74 Å². The van der Waals surface area contributed by atoms with Crippen LogP contribution in [0.5, 0.6) is 5.75 Å². The van der Waals surface area contributed by atoms with Gasteiger partial charge < -0.3 is 4.74 Å². The van der Waals surface area contributed by atoms with Gasteiger partial charge >= 0.3 is 0 Å². The molecule has 1 saturated carbocycles. The number of hydrogen-bond acceptors (Lipinski definition) is 2. The van der Waals surface area contributed by atoms with Crippen LogP contribution in [0.25, 0.3) is 0 Å². The first kappa shape index (κ1) is 11.8. The Bertz CT molecular complexity index is 343. The van der Waals surface area contributed by atoms with Gasteiger partial charge in [0.15, 0.2) is 0 Å². The Hall–Kier alpha value is 0.330. The van der Waals surface area contributed by atoms with Crippen molar-refractivity contribution in [1.82, 2.24) is 0 Å². The fourth-order valence-corrected chi connectivity index (χ4v) is 3.01. The molecule has 4 heteroatoms. The summed E-state index contributed by atoms with van der Waals surface area (Å²) in [6.07, 6.45) is 2.47. The SMILES string of the molecule is SCC1(COc2c(Br)cccc2Br)CC1. The third-order valence-electron chi connectivity index (χ3n) is 2.73. The van der Waals surface area contributed by atoms with E-state index in [9.17, 15) is 0 Å². The minimum Gasteiger partial charge on any atom is -0.491 e. The number of hydrogen-bond donors (Lipinski definition) is 1. The summed E-state index contributed by atoms with van der Waals surface area (Å²) in [5.41, 5.74) is 0.331. The molecule has 0 bridgehead atoms. The fourth-order valence-electron chi connectivity index (χ4n) is 1.37. The summed E-state index contributed by atoms with van der Waals surface area (Å²) in [5, 5.41) is 0. The topological polar surface area (TPSA) is 9.23 Å². The molecule has 0 amide bonds. The van der Waals surface area contributed by atoms with Gasteiger partial charge in [-0.2, -0.15) is 12.6 Å². The smallest absolute Gasteiger partial charge is 0.147 e. The highest BCUT2D eigenvalue weighted by Crippen LogP contribution is 2.47. The highest BCUT2D eigenvalue weighted by Gasteiger charge is 2.42. The molecule has 2 rings (SSSR count). The van der Waals surface area contributed by atoms with Gasteiger partial charge in [0.25, 0.3) is 0 Å². The van der Waals surface area contributed by atoms with Crippen molar-refractivity contribution in [3.05, 3.63) is 27.1 Å². The third kappa shape index (κ3) is 2.71. The Morgan fingerprint density at radius 3 is 2.33 bits per heavy atom. The largest absolute Gasteiger partial charge is 0.491 e. The van der Waals surface area contributed by atoms with Crippen molar-refractivity contribution in [2.75, 3.05) is 12.4 Å². The van der Waals surface area contributed by atoms with E-state index in [1.807, 2.05) is 18.2 Å². The van der Waals surface area contributed by atoms with E-state index < -0.39 is 0 Å². The van der Waals surface area contributed by atoms with Gasteiger partial charge in [-0.25, -0.2) is 0 Å². The third-order valence-corrected chi connectivity index (χ3v) is 4.65. The van der Waals surface area contributed by atoms with Crippen molar-refractivity contribution in [1.29, 1.82) is 0 Å². The number of rotatable bonds is 4. The fraction of sp³-hybridized carbons (Fsp3) is 0.455. The summed E-state index contributed by atoms with van der Waals surface area (Å²) < 4.78 is 7.83. The monoisotopic (exact) mass is 350 g/mol. The van der Waals surface area contributed by atoms with Crippen molar-refractivity contribution in [3.8, 4) is 5.75 Å². The molecule has 0 aliphatic heterocycles. The first-order valence-electron chi connectivity index (χ1n) is 4.85. The maximum Gasteiger partial charge on any atom is 0.147 e. The molecule has 1 aromatic rings. The van der Waals surface area contributed by atoms with Crippen molar-refractivity contribution in [2.45, 2.75) is 12.8 Å². The van der Waals surface area contributed by atoms with E-state index >= 15 is 0 Å². The molecule has 0 unspecified atom stereocenters. The van der Waals surface area contributed by atoms with Crippen LogP contribution in [-0.4, -0.2) is 12.4 Å². The van der Waals surface area contributed by atoms with Gasteiger partial charge in [-0.05, 0) is 62.6 Å². The number of para-hydroxylation sites is 1. The van der Waals surface area contributed by atoms with Gasteiger partial charge in [-0.15, -0.1) is 0 Å². The molecule has 0 atom stereocenters. The van der Waals surface area contributed by atoms with Gasteiger partial charge in [0.2, 0.25) is 0 Å². The van der Waals surface area contributed by atoms with Crippen LogP contribution in [0.1, 0.15) is 12.8 Å². The molecule has 1 fully saturated rings. The zero-order chi connectivity index (χ0) is 10.9. The standard InChI is InChI=1S/C11H12Br2OS/c12-8-2-1-3-9(13)10(8)14-6-11(7-15)4-5-11/h1-3,15H,4-7H2. The predicted octanol–water partition coefficient (Wildman–Crippen LogP) is 4.30. The zero-order valence-corrected chi connectivity index (χ0v) is 12.2. The normalized spacial score (nSPS) is 17.5. The highest BCUT2D eigenvalue weighted by molar-refractivity contribution is 9.11. The molecule has 0 saturated heterocycles. The van der Waals surface area contributed by atoms with E-state index in [0.29, 0.717) is 5.41 Å². The van der Waals surface area contributed by atoms with Crippen LogP contribution >= 0.6 is 44.5 Å². The lowest BCUT2D eigenvalue weighted by Crippen LogP contribution is -2.14. The maximum atomic E-state index is 5.84. The minimum absolute atomic E-state index is 0.331. The van der Waals surface area contributed by atoms with Gasteiger partial charge in [0.05, 0.1) is 15.6 Å². The van der Waals surface area contributed by atoms with E-state index in [1.165, 1.54) is 12.8 Å². The molecule has 1 aromatic carbocycles. The molecule has 82 valence electrons. The summed E-state index contributed by atoms with van der Waals surface area (Å²) in [5.74, 6) is 1.81. The molecule has 1 nitrogen and oxygen atoms in total. The van der Waals surface area contributed by atoms with Crippen LogP contribution in [0.2, 0.25) is 0 Å². The van der Waals surface area contributed by atoms with Crippen LogP contribution in [0.15, 0.2) is 27.1 Å². The molecule has 0 heterocycles. The number of halogens is 2. The van der Waals surface area contributed by atoms with Crippen LogP contribution in [0.3, 0.4) is 0 Å². The van der Waals surface area contributed by atoms with Crippen LogP contribution in [0.4, 0.5) is 0 Å². The quantitative estimate of drug-likeness (QED) is 0.795. The second kappa shape index (κ2) is 4.68. The van der Waals surface area contributed by atoms with Crippen LogP contribution in [0, 0.1) is 5.41 Å². The molecule has 15 heavy (non-hydrogen) atoms. The molecular weight excluding hydrogens is 340 g/mol. The van der Waals surface area contributed by atoms with Gasteiger partial charge in [-0.1, -0.05) is 6.07 Å².